The fourth-order valence-electron chi connectivity index (χ4n) is 2.17. The number of hydrogen-bond donors (Lipinski definition) is 2. The van der Waals surface area contributed by atoms with Gasteiger partial charge < -0.3 is 10.5 Å². The Morgan fingerprint density at radius 3 is 1.88 bits per heavy atom. The fraction of sp³-hybridized carbons (Fsp3) is 0.316. The lowest BCUT2D eigenvalue weighted by atomic mass is 9.98. The van der Waals surface area contributed by atoms with Gasteiger partial charge in [0.25, 0.3) is 10.1 Å². The lowest BCUT2D eigenvalue weighted by Gasteiger charge is -2.08. The first kappa shape index (κ1) is 21.7. The average Bonchev–Trinajstić information content (AvgIpc) is 2.58. The maximum Gasteiger partial charge on any atom is 0.261 e. The molecule has 2 aromatic carbocycles. The molecule has 0 heterocycles. The molecule has 0 fully saturated rings. The van der Waals surface area contributed by atoms with Crippen molar-refractivity contribution in [2.45, 2.75) is 19.8 Å². The number of carbonyl (C=O) groups excluding carboxylic acids is 1. The number of rotatable bonds is 6. The number of carbonyl (C=O) groups is 1. The second kappa shape index (κ2) is 9.94. The van der Waals surface area contributed by atoms with E-state index in [-0.39, 0.29) is 11.8 Å². The molecule has 0 aliphatic heterocycles. The van der Waals surface area contributed by atoms with Crippen molar-refractivity contribution < 1.29 is 22.5 Å². The zero-order chi connectivity index (χ0) is 19.7. The van der Waals surface area contributed by atoms with E-state index in [1.54, 1.807) is 7.11 Å². The Kier molecular flexibility index (Phi) is 8.28. The van der Waals surface area contributed by atoms with E-state index in [0.29, 0.717) is 6.26 Å². The molecule has 0 radical (unpaired) electrons. The normalized spacial score (nSPS) is 11.8. The Balaban J connectivity index is 0.000000597. The molecule has 0 bridgehead atoms. The van der Waals surface area contributed by atoms with Crippen molar-refractivity contribution in [3.8, 4) is 16.9 Å². The van der Waals surface area contributed by atoms with E-state index in [0.717, 1.165) is 24.2 Å². The number of nitrogens with two attached hydrogens (primary N) is 1. The third-order valence-corrected chi connectivity index (χ3v) is 3.73. The molecule has 1 atom stereocenters. The maximum absolute atomic E-state index is 11.0. The molecule has 0 saturated carbocycles. The summed E-state index contributed by atoms with van der Waals surface area (Å²) in [5, 5.41) is 0. The van der Waals surface area contributed by atoms with Gasteiger partial charge in [-0.1, -0.05) is 43.3 Å². The van der Waals surface area contributed by atoms with E-state index in [2.05, 4.69) is 24.3 Å². The summed E-state index contributed by atoms with van der Waals surface area (Å²) in [6.07, 6.45) is 2.37. The molecule has 0 unspecified atom stereocenters. The van der Waals surface area contributed by atoms with Gasteiger partial charge in [-0.25, -0.2) is 0 Å². The van der Waals surface area contributed by atoms with Crippen molar-refractivity contribution >= 4 is 16.0 Å². The van der Waals surface area contributed by atoms with E-state index in [1.165, 1.54) is 11.1 Å². The van der Waals surface area contributed by atoms with Gasteiger partial charge >= 0.3 is 0 Å². The summed E-state index contributed by atoms with van der Waals surface area (Å²) in [5.74, 6) is 0.548. The van der Waals surface area contributed by atoms with Crippen molar-refractivity contribution in [2.24, 2.45) is 11.7 Å². The smallest absolute Gasteiger partial charge is 0.261 e. The number of hydrogen-bond acceptors (Lipinski definition) is 4. The summed E-state index contributed by atoms with van der Waals surface area (Å²) >= 11 is 0. The number of benzene rings is 2. The van der Waals surface area contributed by atoms with Gasteiger partial charge in [-0.3, -0.25) is 9.35 Å². The summed E-state index contributed by atoms with van der Waals surface area (Å²) in [6, 6.07) is 16.4. The summed E-state index contributed by atoms with van der Waals surface area (Å²) in [4.78, 5) is 11.0. The largest absolute Gasteiger partial charge is 0.497 e. The van der Waals surface area contributed by atoms with Crippen molar-refractivity contribution in [1.29, 1.82) is 0 Å². The van der Waals surface area contributed by atoms with Crippen molar-refractivity contribution in [3.63, 3.8) is 0 Å². The van der Waals surface area contributed by atoms with Crippen molar-refractivity contribution in [2.75, 3.05) is 13.4 Å². The maximum atomic E-state index is 11.0. The Morgan fingerprint density at radius 2 is 1.50 bits per heavy atom. The van der Waals surface area contributed by atoms with Gasteiger partial charge in [0, 0.05) is 5.92 Å². The Labute approximate surface area is 154 Å². The van der Waals surface area contributed by atoms with Crippen LogP contribution in [0.4, 0.5) is 0 Å². The molecule has 7 heteroatoms. The van der Waals surface area contributed by atoms with Gasteiger partial charge in [-0.05, 0) is 41.7 Å². The molecule has 2 rings (SSSR count). The van der Waals surface area contributed by atoms with E-state index >= 15 is 0 Å². The van der Waals surface area contributed by atoms with Crippen LogP contribution < -0.4 is 10.5 Å². The second-order valence-electron chi connectivity index (χ2n) is 6.00. The molecule has 26 heavy (non-hydrogen) atoms. The number of methoxy groups -OCH3 is 1. The summed E-state index contributed by atoms with van der Waals surface area (Å²) in [6.45, 7) is 1.87. The van der Waals surface area contributed by atoms with Crippen molar-refractivity contribution in [3.05, 3.63) is 54.1 Å². The SMILES string of the molecule is COc1ccc(-c2ccc(CC[C@@H](C)C(N)=O)cc2)cc1.CS(=O)(=O)O. The molecule has 142 valence electrons. The van der Waals surface area contributed by atoms with E-state index < -0.39 is 10.1 Å². The topological polar surface area (TPSA) is 107 Å². The predicted octanol–water partition coefficient (Wildman–Crippen LogP) is 2.92. The first-order chi connectivity index (χ1) is 12.1. The monoisotopic (exact) mass is 379 g/mol. The Bertz CT molecular complexity index is 791. The minimum absolute atomic E-state index is 0.0775. The van der Waals surface area contributed by atoms with Crippen LogP contribution in [0.15, 0.2) is 48.5 Å². The minimum Gasteiger partial charge on any atom is -0.497 e. The van der Waals surface area contributed by atoms with Crippen LogP contribution in [-0.4, -0.2) is 32.2 Å². The molecular formula is C19H25NO5S. The Hall–Kier alpha value is -2.38. The minimum atomic E-state index is -3.67. The lowest BCUT2D eigenvalue weighted by molar-refractivity contribution is -0.121. The van der Waals surface area contributed by atoms with Gasteiger partial charge in [0.15, 0.2) is 0 Å². The van der Waals surface area contributed by atoms with Crippen molar-refractivity contribution in [1.82, 2.24) is 0 Å². The standard InChI is InChI=1S/C18H21NO2.CH4O3S/c1-13(18(19)20)3-4-14-5-7-15(8-6-14)16-9-11-17(21-2)12-10-16;1-5(2,3)4/h5-13H,3-4H2,1-2H3,(H2,19,20);1H3,(H,2,3,4)/t13-;/m1./s1. The van der Waals surface area contributed by atoms with Gasteiger partial charge in [0.1, 0.15) is 5.75 Å². The molecule has 6 nitrogen and oxygen atoms in total. The molecule has 3 N–H and O–H groups in total. The molecule has 1 amide bonds. The first-order valence-electron chi connectivity index (χ1n) is 8.05. The highest BCUT2D eigenvalue weighted by Crippen LogP contribution is 2.23. The van der Waals surface area contributed by atoms with Crippen LogP contribution in [0.3, 0.4) is 0 Å². The quantitative estimate of drug-likeness (QED) is 0.751. The fourth-order valence-corrected chi connectivity index (χ4v) is 2.17. The molecule has 2 aromatic rings. The molecule has 0 saturated heterocycles. The highest BCUT2D eigenvalue weighted by atomic mass is 32.2. The second-order valence-corrected chi connectivity index (χ2v) is 7.47. The number of primary amides is 1. The van der Waals surface area contributed by atoms with Gasteiger partial charge in [0.2, 0.25) is 5.91 Å². The number of aryl methyl sites for hydroxylation is 1. The van der Waals surface area contributed by atoms with Gasteiger partial charge in [-0.2, -0.15) is 8.42 Å². The lowest BCUT2D eigenvalue weighted by Crippen LogP contribution is -2.20. The molecule has 0 aliphatic carbocycles. The number of amides is 1. The summed E-state index contributed by atoms with van der Waals surface area (Å²) < 4.78 is 31.0. The molecule has 0 aliphatic rings. The molecule has 0 aromatic heterocycles. The highest BCUT2D eigenvalue weighted by Gasteiger charge is 2.08. The van der Waals surface area contributed by atoms with Gasteiger partial charge in [-0.15, -0.1) is 0 Å². The highest BCUT2D eigenvalue weighted by molar-refractivity contribution is 7.85. The first-order valence-corrected chi connectivity index (χ1v) is 9.90. The van der Waals surface area contributed by atoms with E-state index in [9.17, 15) is 13.2 Å². The van der Waals surface area contributed by atoms with Gasteiger partial charge in [0.05, 0.1) is 13.4 Å². The van der Waals surface area contributed by atoms with Crippen LogP contribution in [0.25, 0.3) is 11.1 Å². The average molecular weight is 379 g/mol. The van der Waals surface area contributed by atoms with Crippen LogP contribution in [-0.2, 0) is 21.3 Å². The third-order valence-electron chi connectivity index (χ3n) is 3.73. The van der Waals surface area contributed by atoms with Crippen LogP contribution in [0, 0.1) is 5.92 Å². The zero-order valence-corrected chi connectivity index (χ0v) is 16.0. The van der Waals surface area contributed by atoms with Crippen LogP contribution in [0.5, 0.6) is 5.75 Å². The summed E-state index contributed by atoms with van der Waals surface area (Å²) in [5.41, 5.74) is 8.83. The van der Waals surface area contributed by atoms with Crippen LogP contribution in [0.2, 0.25) is 0 Å². The molecule has 0 spiro atoms. The van der Waals surface area contributed by atoms with E-state index in [1.807, 2.05) is 31.2 Å². The van der Waals surface area contributed by atoms with Crippen LogP contribution >= 0.6 is 0 Å². The zero-order valence-electron chi connectivity index (χ0n) is 15.2. The number of ether oxygens (including phenoxy) is 1. The third kappa shape index (κ3) is 8.64. The van der Waals surface area contributed by atoms with Crippen LogP contribution in [0.1, 0.15) is 18.9 Å². The molecular weight excluding hydrogens is 354 g/mol. The summed E-state index contributed by atoms with van der Waals surface area (Å²) in [7, 11) is -2.00. The van der Waals surface area contributed by atoms with E-state index in [4.69, 9.17) is 15.0 Å². The Morgan fingerprint density at radius 1 is 1.08 bits per heavy atom. The predicted molar refractivity (Wildman–Crippen MR) is 103 cm³/mol.